The maximum absolute atomic E-state index is 10.5. The topological polar surface area (TPSA) is 61.6 Å². The van der Waals surface area contributed by atoms with Crippen molar-refractivity contribution in [2.24, 2.45) is 0 Å². The van der Waals surface area contributed by atoms with Crippen LogP contribution in [0.5, 0.6) is 5.75 Å². The molecule has 0 atom stereocenters. The number of benzene rings is 1. The summed E-state index contributed by atoms with van der Waals surface area (Å²) in [5, 5.41) is 10.8. The van der Waals surface area contributed by atoms with Gasteiger partial charge in [-0.15, -0.1) is 0 Å². The molecule has 1 aromatic rings. The van der Waals surface area contributed by atoms with Crippen molar-refractivity contribution in [3.63, 3.8) is 0 Å². The van der Waals surface area contributed by atoms with Crippen molar-refractivity contribution in [3.8, 4) is 5.75 Å². The highest BCUT2D eigenvalue weighted by molar-refractivity contribution is 6.32. The zero-order valence-corrected chi connectivity index (χ0v) is 9.85. The van der Waals surface area contributed by atoms with Crippen LogP contribution >= 0.6 is 11.6 Å². The maximum Gasteiger partial charge on any atom is 0.271 e. The lowest BCUT2D eigenvalue weighted by Gasteiger charge is -2.23. The molecule has 6 heteroatoms. The van der Waals surface area contributed by atoms with Gasteiger partial charge in [-0.05, 0) is 6.07 Å². The van der Waals surface area contributed by atoms with E-state index in [-0.39, 0.29) is 16.8 Å². The molecular weight excluding hydrogens is 246 g/mol. The highest BCUT2D eigenvalue weighted by atomic mass is 35.5. The van der Waals surface area contributed by atoms with Gasteiger partial charge < -0.3 is 9.47 Å². The van der Waals surface area contributed by atoms with Crippen LogP contribution in [0.4, 0.5) is 5.69 Å². The molecule has 2 rings (SSSR count). The molecule has 5 nitrogen and oxygen atoms in total. The second kappa shape index (κ2) is 5.33. The van der Waals surface area contributed by atoms with E-state index in [1.54, 1.807) is 0 Å². The molecule has 0 saturated carbocycles. The van der Waals surface area contributed by atoms with Gasteiger partial charge in [-0.1, -0.05) is 11.6 Å². The van der Waals surface area contributed by atoms with Gasteiger partial charge in [-0.3, -0.25) is 10.1 Å². The van der Waals surface area contributed by atoms with Crippen LogP contribution in [-0.4, -0.2) is 24.2 Å². The monoisotopic (exact) mass is 257 g/mol. The fourth-order valence-electron chi connectivity index (χ4n) is 1.67. The Kier molecular flexibility index (Phi) is 3.81. The number of hydrogen-bond donors (Lipinski definition) is 0. The molecule has 1 aromatic carbocycles. The first-order chi connectivity index (χ1) is 8.16. The average Bonchev–Trinajstić information content (AvgIpc) is 2.33. The molecule has 1 saturated heterocycles. The number of nitrogens with zero attached hydrogens (tertiary/aromatic N) is 1. The van der Waals surface area contributed by atoms with E-state index in [1.165, 1.54) is 18.2 Å². The van der Waals surface area contributed by atoms with Crippen molar-refractivity contribution in [2.75, 3.05) is 13.2 Å². The maximum atomic E-state index is 10.5. The van der Waals surface area contributed by atoms with Crippen LogP contribution in [0.1, 0.15) is 12.8 Å². The molecule has 0 radical (unpaired) electrons. The molecule has 0 aromatic heterocycles. The lowest BCUT2D eigenvalue weighted by molar-refractivity contribution is -0.384. The Bertz CT molecular complexity index is 418. The number of rotatable bonds is 3. The van der Waals surface area contributed by atoms with Gasteiger partial charge >= 0.3 is 0 Å². The Balaban J connectivity index is 2.08. The number of hydrogen-bond acceptors (Lipinski definition) is 4. The van der Waals surface area contributed by atoms with Gasteiger partial charge in [-0.25, -0.2) is 0 Å². The standard InChI is InChI=1S/C11H12ClNO4/c12-10-7-8(13(14)15)1-2-11(10)17-9-3-5-16-6-4-9/h1-2,7,9H,3-6H2. The fourth-order valence-corrected chi connectivity index (χ4v) is 1.89. The Morgan fingerprint density at radius 1 is 1.41 bits per heavy atom. The van der Waals surface area contributed by atoms with Crippen molar-refractivity contribution in [3.05, 3.63) is 33.3 Å². The highest BCUT2D eigenvalue weighted by Gasteiger charge is 2.17. The molecular formula is C11H12ClNO4. The number of non-ortho nitro benzene ring substituents is 1. The van der Waals surface area contributed by atoms with Gasteiger partial charge in [0, 0.05) is 25.0 Å². The SMILES string of the molecule is O=[N+]([O-])c1ccc(OC2CCOCC2)c(Cl)c1. The average molecular weight is 258 g/mol. The van der Waals surface area contributed by atoms with Crippen LogP contribution in [0.25, 0.3) is 0 Å². The summed E-state index contributed by atoms with van der Waals surface area (Å²) in [6, 6.07) is 4.23. The van der Waals surface area contributed by atoms with Crippen LogP contribution in [0, 0.1) is 10.1 Å². The van der Waals surface area contributed by atoms with E-state index >= 15 is 0 Å². The Labute approximate surface area is 103 Å². The number of nitro benzene ring substituents is 1. The summed E-state index contributed by atoms with van der Waals surface area (Å²) >= 11 is 5.93. The molecule has 0 bridgehead atoms. The fraction of sp³-hybridized carbons (Fsp3) is 0.455. The predicted molar refractivity (Wildman–Crippen MR) is 62.6 cm³/mol. The van der Waals surface area contributed by atoms with Gasteiger partial charge in [0.2, 0.25) is 0 Å². The first kappa shape index (κ1) is 12.1. The van der Waals surface area contributed by atoms with E-state index in [1.807, 2.05) is 0 Å². The Hall–Kier alpha value is -1.33. The van der Waals surface area contributed by atoms with Crippen LogP contribution in [0.2, 0.25) is 5.02 Å². The summed E-state index contributed by atoms with van der Waals surface area (Å²) in [6.07, 6.45) is 1.70. The predicted octanol–water partition coefficient (Wildman–Crippen LogP) is 2.81. The minimum atomic E-state index is -0.482. The smallest absolute Gasteiger partial charge is 0.271 e. The lowest BCUT2D eigenvalue weighted by atomic mass is 10.1. The molecule has 1 aliphatic rings. The van der Waals surface area contributed by atoms with Gasteiger partial charge in [0.1, 0.15) is 11.9 Å². The molecule has 17 heavy (non-hydrogen) atoms. The minimum absolute atomic E-state index is 0.0330. The Morgan fingerprint density at radius 3 is 2.71 bits per heavy atom. The van der Waals surface area contributed by atoms with E-state index < -0.39 is 4.92 Å². The Morgan fingerprint density at radius 2 is 2.12 bits per heavy atom. The third-order valence-electron chi connectivity index (χ3n) is 2.59. The lowest BCUT2D eigenvalue weighted by Crippen LogP contribution is -2.25. The molecule has 1 heterocycles. The third-order valence-corrected chi connectivity index (χ3v) is 2.88. The number of ether oxygens (including phenoxy) is 2. The summed E-state index contributed by atoms with van der Waals surface area (Å²) in [5.41, 5.74) is -0.0330. The van der Waals surface area contributed by atoms with Crippen LogP contribution < -0.4 is 4.74 Å². The van der Waals surface area contributed by atoms with Crippen molar-refractivity contribution in [1.82, 2.24) is 0 Å². The largest absolute Gasteiger partial charge is 0.489 e. The van der Waals surface area contributed by atoms with Crippen LogP contribution in [0.3, 0.4) is 0 Å². The molecule has 92 valence electrons. The van der Waals surface area contributed by atoms with E-state index in [2.05, 4.69) is 0 Å². The van der Waals surface area contributed by atoms with E-state index in [0.717, 1.165) is 12.8 Å². The van der Waals surface area contributed by atoms with Crippen molar-refractivity contribution < 1.29 is 14.4 Å². The summed E-state index contributed by atoms with van der Waals surface area (Å²) in [5.74, 6) is 0.490. The quantitative estimate of drug-likeness (QED) is 0.617. The summed E-state index contributed by atoms with van der Waals surface area (Å²) in [4.78, 5) is 10.1. The molecule has 0 N–H and O–H groups in total. The second-order valence-electron chi connectivity index (χ2n) is 3.80. The van der Waals surface area contributed by atoms with Crippen molar-refractivity contribution in [1.29, 1.82) is 0 Å². The molecule has 1 fully saturated rings. The third kappa shape index (κ3) is 3.08. The normalized spacial score (nSPS) is 16.8. The van der Waals surface area contributed by atoms with Crippen molar-refractivity contribution in [2.45, 2.75) is 18.9 Å². The minimum Gasteiger partial charge on any atom is -0.489 e. The first-order valence-electron chi connectivity index (χ1n) is 5.35. The molecule has 0 unspecified atom stereocenters. The van der Waals surface area contributed by atoms with E-state index in [4.69, 9.17) is 21.1 Å². The first-order valence-corrected chi connectivity index (χ1v) is 5.73. The highest BCUT2D eigenvalue weighted by Crippen LogP contribution is 2.30. The summed E-state index contributed by atoms with van der Waals surface area (Å²) < 4.78 is 10.9. The molecule has 1 aliphatic heterocycles. The van der Waals surface area contributed by atoms with Crippen molar-refractivity contribution >= 4 is 17.3 Å². The van der Waals surface area contributed by atoms with E-state index in [9.17, 15) is 10.1 Å². The van der Waals surface area contributed by atoms with Crippen LogP contribution in [-0.2, 0) is 4.74 Å². The second-order valence-corrected chi connectivity index (χ2v) is 4.21. The van der Waals surface area contributed by atoms with Gasteiger partial charge in [0.25, 0.3) is 5.69 Å². The molecule has 0 aliphatic carbocycles. The van der Waals surface area contributed by atoms with Gasteiger partial charge in [0.05, 0.1) is 23.2 Å². The van der Waals surface area contributed by atoms with Gasteiger partial charge in [0.15, 0.2) is 0 Å². The number of halogens is 1. The molecule has 0 spiro atoms. The zero-order chi connectivity index (χ0) is 12.3. The zero-order valence-electron chi connectivity index (χ0n) is 9.10. The number of nitro groups is 1. The molecule has 0 amide bonds. The summed E-state index contributed by atoms with van der Waals surface area (Å²) in [7, 11) is 0. The summed E-state index contributed by atoms with van der Waals surface area (Å²) in [6.45, 7) is 1.35. The van der Waals surface area contributed by atoms with Gasteiger partial charge in [-0.2, -0.15) is 0 Å². The van der Waals surface area contributed by atoms with Crippen LogP contribution in [0.15, 0.2) is 18.2 Å². The van der Waals surface area contributed by atoms with E-state index in [0.29, 0.717) is 19.0 Å².